The highest BCUT2D eigenvalue weighted by Gasteiger charge is 2.55. The summed E-state index contributed by atoms with van der Waals surface area (Å²) in [5.41, 5.74) is 0.0396. The third kappa shape index (κ3) is 1.01. The Morgan fingerprint density at radius 2 is 2.29 bits per heavy atom. The van der Waals surface area contributed by atoms with Gasteiger partial charge in [0.15, 0.2) is 6.10 Å². The molecule has 0 radical (unpaired) electrons. The molecule has 2 heterocycles. The molecular formula is C8H9NO4S. The van der Waals surface area contributed by atoms with Gasteiger partial charge in [-0.2, -0.15) is 0 Å². The van der Waals surface area contributed by atoms with Crippen molar-refractivity contribution in [1.82, 2.24) is 4.90 Å². The number of aliphatic hydroxyl groups is 1. The van der Waals surface area contributed by atoms with E-state index in [-0.39, 0.29) is 5.70 Å². The first kappa shape index (κ1) is 9.54. The molecule has 2 aliphatic rings. The molecule has 1 amide bonds. The number of rotatable bonds is 2. The second-order valence-corrected chi connectivity index (χ2v) is 4.30. The van der Waals surface area contributed by atoms with Crippen molar-refractivity contribution >= 4 is 23.6 Å². The van der Waals surface area contributed by atoms with Gasteiger partial charge in [-0.1, -0.05) is 18.7 Å². The number of hydrogen-bond acceptors (Lipinski definition) is 4. The van der Waals surface area contributed by atoms with Crippen LogP contribution in [0.3, 0.4) is 0 Å². The second-order valence-electron chi connectivity index (χ2n) is 3.09. The van der Waals surface area contributed by atoms with Crippen LogP contribution in [0.1, 0.15) is 13.3 Å². The summed E-state index contributed by atoms with van der Waals surface area (Å²) in [6.07, 6.45) is -0.474. The van der Waals surface area contributed by atoms with Crippen LogP contribution in [0.4, 0.5) is 0 Å². The summed E-state index contributed by atoms with van der Waals surface area (Å²) in [5.74, 6) is -1.61. The maximum atomic E-state index is 11.2. The molecule has 0 unspecified atom stereocenters. The fourth-order valence-electron chi connectivity index (χ4n) is 1.61. The van der Waals surface area contributed by atoms with E-state index >= 15 is 0 Å². The summed E-state index contributed by atoms with van der Waals surface area (Å²) in [6, 6.07) is 0. The molecular weight excluding hydrogens is 206 g/mol. The number of amides is 1. The number of carbonyl (C=O) groups is 2. The SMILES string of the molecule is CCC1=C(C(=O)O)N2C(=O)[C@@H](O)[C@H]2S1. The van der Waals surface area contributed by atoms with Crippen LogP contribution < -0.4 is 0 Å². The number of fused-ring (bicyclic) bond motifs is 1. The molecule has 0 aliphatic carbocycles. The van der Waals surface area contributed by atoms with Crippen molar-refractivity contribution in [3.63, 3.8) is 0 Å². The summed E-state index contributed by atoms with van der Waals surface area (Å²) in [5, 5.41) is 17.7. The minimum atomic E-state index is -1.10. The number of carboxylic acid groups (broad SMARTS) is 1. The molecule has 0 aromatic carbocycles. The van der Waals surface area contributed by atoms with E-state index in [1.165, 1.54) is 11.8 Å². The lowest BCUT2D eigenvalue weighted by Crippen LogP contribution is -2.61. The fraction of sp³-hybridized carbons (Fsp3) is 0.500. The lowest BCUT2D eigenvalue weighted by molar-refractivity contribution is -0.158. The average Bonchev–Trinajstić information content (AvgIpc) is 2.52. The Balaban J connectivity index is 2.34. The van der Waals surface area contributed by atoms with Crippen LogP contribution in [0.25, 0.3) is 0 Å². The molecule has 14 heavy (non-hydrogen) atoms. The quantitative estimate of drug-likeness (QED) is 0.632. The average molecular weight is 215 g/mol. The zero-order valence-electron chi connectivity index (χ0n) is 7.43. The van der Waals surface area contributed by atoms with Crippen LogP contribution in [0.2, 0.25) is 0 Å². The van der Waals surface area contributed by atoms with E-state index in [0.717, 1.165) is 4.90 Å². The first-order valence-corrected chi connectivity index (χ1v) is 5.10. The number of allylic oxidation sites excluding steroid dienone is 1. The zero-order chi connectivity index (χ0) is 10.5. The summed E-state index contributed by atoms with van der Waals surface area (Å²) >= 11 is 1.26. The predicted octanol–water partition coefficient (Wildman–Crippen LogP) is -0.0314. The van der Waals surface area contributed by atoms with E-state index < -0.39 is 23.4 Å². The van der Waals surface area contributed by atoms with E-state index in [9.17, 15) is 14.7 Å². The van der Waals surface area contributed by atoms with E-state index in [1.54, 1.807) is 0 Å². The number of carbonyl (C=O) groups excluding carboxylic acids is 1. The van der Waals surface area contributed by atoms with Crippen molar-refractivity contribution in [2.45, 2.75) is 24.8 Å². The van der Waals surface area contributed by atoms with Gasteiger partial charge in [-0.15, -0.1) is 0 Å². The molecule has 2 N–H and O–H groups in total. The van der Waals surface area contributed by atoms with Crippen LogP contribution in [-0.4, -0.2) is 38.5 Å². The molecule has 0 aromatic heterocycles. The molecule has 2 atom stereocenters. The monoisotopic (exact) mass is 215 g/mol. The molecule has 1 fully saturated rings. The minimum Gasteiger partial charge on any atom is -0.477 e. The normalized spacial score (nSPS) is 30.4. The van der Waals surface area contributed by atoms with Gasteiger partial charge < -0.3 is 10.2 Å². The lowest BCUT2D eigenvalue weighted by atomic mass is 10.1. The van der Waals surface area contributed by atoms with Gasteiger partial charge >= 0.3 is 5.97 Å². The van der Waals surface area contributed by atoms with Crippen LogP contribution in [0, 0.1) is 0 Å². The largest absolute Gasteiger partial charge is 0.477 e. The molecule has 76 valence electrons. The van der Waals surface area contributed by atoms with Crippen LogP contribution in [-0.2, 0) is 9.59 Å². The van der Waals surface area contributed by atoms with E-state index in [1.807, 2.05) is 6.92 Å². The third-order valence-electron chi connectivity index (χ3n) is 2.31. The van der Waals surface area contributed by atoms with Crippen molar-refractivity contribution in [2.75, 3.05) is 0 Å². The van der Waals surface area contributed by atoms with Gasteiger partial charge in [-0.05, 0) is 6.42 Å². The molecule has 5 nitrogen and oxygen atoms in total. The predicted molar refractivity (Wildman–Crippen MR) is 49.2 cm³/mol. The van der Waals surface area contributed by atoms with E-state index in [0.29, 0.717) is 11.3 Å². The highest BCUT2D eigenvalue weighted by molar-refractivity contribution is 8.04. The number of aliphatic carboxylic acids is 1. The molecule has 6 heteroatoms. The zero-order valence-corrected chi connectivity index (χ0v) is 8.24. The fourth-order valence-corrected chi connectivity index (χ4v) is 2.93. The Morgan fingerprint density at radius 1 is 1.64 bits per heavy atom. The van der Waals surface area contributed by atoms with Crippen molar-refractivity contribution in [3.05, 3.63) is 10.6 Å². The Morgan fingerprint density at radius 3 is 2.79 bits per heavy atom. The highest BCUT2D eigenvalue weighted by Crippen LogP contribution is 2.47. The van der Waals surface area contributed by atoms with Gasteiger partial charge in [0.25, 0.3) is 5.91 Å². The van der Waals surface area contributed by atoms with Gasteiger partial charge in [0, 0.05) is 4.91 Å². The summed E-state index contributed by atoms with van der Waals surface area (Å²) < 4.78 is 0. The van der Waals surface area contributed by atoms with E-state index in [4.69, 9.17) is 5.11 Å². The van der Waals surface area contributed by atoms with E-state index in [2.05, 4.69) is 0 Å². The van der Waals surface area contributed by atoms with Crippen molar-refractivity contribution in [3.8, 4) is 0 Å². The smallest absolute Gasteiger partial charge is 0.353 e. The van der Waals surface area contributed by atoms with Crippen molar-refractivity contribution in [2.24, 2.45) is 0 Å². The van der Waals surface area contributed by atoms with Gasteiger partial charge in [0.05, 0.1) is 0 Å². The van der Waals surface area contributed by atoms with Crippen LogP contribution in [0.5, 0.6) is 0 Å². The molecule has 0 aromatic rings. The summed E-state index contributed by atoms with van der Waals surface area (Å²) in [7, 11) is 0. The van der Waals surface area contributed by atoms with Gasteiger partial charge in [-0.3, -0.25) is 9.69 Å². The van der Waals surface area contributed by atoms with Crippen LogP contribution in [0.15, 0.2) is 10.6 Å². The molecule has 1 saturated heterocycles. The number of carboxylic acids is 1. The van der Waals surface area contributed by atoms with Crippen molar-refractivity contribution in [1.29, 1.82) is 0 Å². The lowest BCUT2D eigenvalue weighted by Gasteiger charge is -2.38. The van der Waals surface area contributed by atoms with Gasteiger partial charge in [0.2, 0.25) is 0 Å². The molecule has 0 spiro atoms. The molecule has 0 saturated carbocycles. The maximum Gasteiger partial charge on any atom is 0.353 e. The molecule has 0 bridgehead atoms. The molecule has 2 aliphatic heterocycles. The summed E-state index contributed by atoms with van der Waals surface area (Å²) in [6.45, 7) is 1.83. The Hall–Kier alpha value is -1.01. The van der Waals surface area contributed by atoms with Gasteiger partial charge in [0.1, 0.15) is 11.1 Å². The van der Waals surface area contributed by atoms with Gasteiger partial charge in [-0.25, -0.2) is 4.79 Å². The minimum absolute atomic E-state index is 0.0396. The number of nitrogens with zero attached hydrogens (tertiary/aromatic N) is 1. The number of β-lactam (4-membered cyclic amide) rings is 1. The maximum absolute atomic E-state index is 11.2. The first-order chi connectivity index (χ1) is 6.57. The highest BCUT2D eigenvalue weighted by atomic mass is 32.2. The Labute approximate surface area is 84.4 Å². The topological polar surface area (TPSA) is 77.8 Å². The van der Waals surface area contributed by atoms with Crippen LogP contribution >= 0.6 is 11.8 Å². The Bertz CT molecular complexity index is 351. The molecule has 2 rings (SSSR count). The van der Waals surface area contributed by atoms with Crippen molar-refractivity contribution < 1.29 is 19.8 Å². The first-order valence-electron chi connectivity index (χ1n) is 4.22. The number of aliphatic hydroxyl groups excluding tert-OH is 1. The third-order valence-corrected chi connectivity index (χ3v) is 3.78. The number of thioether (sulfide) groups is 1. The summed E-state index contributed by atoms with van der Waals surface area (Å²) in [4.78, 5) is 23.9. The number of hydrogen-bond donors (Lipinski definition) is 2. The second kappa shape index (κ2) is 2.99. The Kier molecular flexibility index (Phi) is 2.04. The standard InChI is InChI=1S/C8H9NO4S/c1-2-3-4(8(12)13)9-6(11)5(10)7(9)14-3/h5,7,10H,2H2,1H3,(H,12,13)/t5-,7-/m1/s1.